The number of carbonyl (C=O) groups excluding carboxylic acids is 3. The quantitative estimate of drug-likeness (QED) is 0.181. The van der Waals surface area contributed by atoms with Crippen molar-refractivity contribution < 1.29 is 47.5 Å². The molecule has 0 fully saturated rings. The SMILES string of the molecule is CCOC(=O)Oc1ccc(C2COc3cc(OC(=O)OCC)ccc3C2OC(=O)[C@H](OC)c2ccccc2)cc1. The molecule has 0 saturated heterocycles. The monoisotopic (exact) mass is 550 g/mol. The number of ether oxygens (including phenoxy) is 7. The van der Waals surface area contributed by atoms with E-state index in [9.17, 15) is 14.4 Å². The van der Waals surface area contributed by atoms with Gasteiger partial charge in [-0.1, -0.05) is 42.5 Å². The molecular formula is C30H30O10. The highest BCUT2D eigenvalue weighted by molar-refractivity contribution is 5.77. The number of carbonyl (C=O) groups is 3. The Balaban J connectivity index is 1.63. The summed E-state index contributed by atoms with van der Waals surface area (Å²) < 4.78 is 37.6. The van der Waals surface area contributed by atoms with E-state index >= 15 is 0 Å². The molecule has 1 aliphatic rings. The van der Waals surface area contributed by atoms with Gasteiger partial charge in [-0.3, -0.25) is 0 Å². The Labute approximate surface area is 231 Å². The molecule has 0 spiro atoms. The molecule has 210 valence electrons. The van der Waals surface area contributed by atoms with Crippen LogP contribution in [0.3, 0.4) is 0 Å². The van der Waals surface area contributed by atoms with Crippen LogP contribution < -0.4 is 14.2 Å². The second-order valence-electron chi connectivity index (χ2n) is 8.64. The molecule has 0 radical (unpaired) electrons. The molecule has 40 heavy (non-hydrogen) atoms. The van der Waals surface area contributed by atoms with Crippen LogP contribution in [0.5, 0.6) is 17.2 Å². The van der Waals surface area contributed by atoms with Gasteiger partial charge in [-0.05, 0) is 49.2 Å². The highest BCUT2D eigenvalue weighted by Crippen LogP contribution is 2.45. The Kier molecular flexibility index (Phi) is 9.58. The standard InChI is InChI=1S/C30H30O10/c1-4-35-29(32)38-21-13-11-19(12-14-21)24-18-37-25-17-22(39-30(33)36-5-2)15-16-23(25)27(24)40-28(31)26(34-3)20-9-7-6-8-10-20/h6-17,24,26-27H,4-5,18H2,1-3H3/t24?,26-,27?/m1/s1. The number of hydrogen-bond donors (Lipinski definition) is 0. The Morgan fingerprint density at radius 2 is 1.48 bits per heavy atom. The molecule has 2 unspecified atom stereocenters. The largest absolute Gasteiger partial charge is 0.513 e. The van der Waals surface area contributed by atoms with Crippen LogP contribution in [0.1, 0.15) is 48.7 Å². The second kappa shape index (κ2) is 13.5. The van der Waals surface area contributed by atoms with E-state index < -0.39 is 36.4 Å². The van der Waals surface area contributed by atoms with Gasteiger partial charge < -0.3 is 33.2 Å². The van der Waals surface area contributed by atoms with E-state index in [-0.39, 0.29) is 25.6 Å². The zero-order valence-corrected chi connectivity index (χ0v) is 22.4. The first-order valence-corrected chi connectivity index (χ1v) is 12.8. The molecule has 1 heterocycles. The number of rotatable bonds is 9. The number of fused-ring (bicyclic) bond motifs is 1. The lowest BCUT2D eigenvalue weighted by Crippen LogP contribution is -2.30. The van der Waals surface area contributed by atoms with Crippen LogP contribution >= 0.6 is 0 Å². The lowest BCUT2D eigenvalue weighted by atomic mass is 9.87. The highest BCUT2D eigenvalue weighted by Gasteiger charge is 2.37. The summed E-state index contributed by atoms with van der Waals surface area (Å²) in [6, 6.07) is 20.6. The molecule has 3 aromatic carbocycles. The fourth-order valence-corrected chi connectivity index (χ4v) is 4.29. The summed E-state index contributed by atoms with van der Waals surface area (Å²) in [5, 5.41) is 0. The minimum atomic E-state index is -0.945. The van der Waals surface area contributed by atoms with Gasteiger partial charge in [-0.15, -0.1) is 0 Å². The third kappa shape index (κ3) is 6.89. The van der Waals surface area contributed by atoms with Gasteiger partial charge in [0.25, 0.3) is 0 Å². The second-order valence-corrected chi connectivity index (χ2v) is 8.64. The van der Waals surface area contributed by atoms with Gasteiger partial charge in [0.1, 0.15) is 23.4 Å². The predicted molar refractivity (Wildman–Crippen MR) is 141 cm³/mol. The summed E-state index contributed by atoms with van der Waals surface area (Å²) in [5.74, 6) is -0.0759. The van der Waals surface area contributed by atoms with Crippen LogP contribution in [-0.2, 0) is 23.7 Å². The topological polar surface area (TPSA) is 116 Å². The van der Waals surface area contributed by atoms with Crippen molar-refractivity contribution in [3.63, 3.8) is 0 Å². The maximum atomic E-state index is 13.4. The van der Waals surface area contributed by atoms with Crippen molar-refractivity contribution in [1.82, 2.24) is 0 Å². The summed E-state index contributed by atoms with van der Waals surface area (Å²) in [5.41, 5.74) is 2.01. The fraction of sp³-hybridized carbons (Fsp3) is 0.300. The Morgan fingerprint density at radius 1 is 0.850 bits per heavy atom. The van der Waals surface area contributed by atoms with Gasteiger partial charge in [-0.25, -0.2) is 14.4 Å². The number of benzene rings is 3. The van der Waals surface area contributed by atoms with Crippen LogP contribution in [0.2, 0.25) is 0 Å². The summed E-state index contributed by atoms with van der Waals surface area (Å²) in [4.78, 5) is 36.9. The molecule has 0 aliphatic carbocycles. The highest BCUT2D eigenvalue weighted by atomic mass is 16.7. The normalized spacial score (nSPS) is 16.5. The van der Waals surface area contributed by atoms with Gasteiger partial charge in [0, 0.05) is 18.7 Å². The molecule has 0 bridgehead atoms. The number of methoxy groups -OCH3 is 1. The first-order valence-electron chi connectivity index (χ1n) is 12.8. The van der Waals surface area contributed by atoms with E-state index in [1.807, 2.05) is 18.2 Å². The van der Waals surface area contributed by atoms with Gasteiger partial charge in [0.15, 0.2) is 6.10 Å². The van der Waals surface area contributed by atoms with Crippen LogP contribution in [0, 0.1) is 0 Å². The molecule has 0 saturated carbocycles. The fourth-order valence-electron chi connectivity index (χ4n) is 4.29. The summed E-state index contributed by atoms with van der Waals surface area (Å²) >= 11 is 0. The van der Waals surface area contributed by atoms with Crippen molar-refractivity contribution in [2.24, 2.45) is 0 Å². The van der Waals surface area contributed by atoms with Crippen molar-refractivity contribution in [1.29, 1.82) is 0 Å². The van der Waals surface area contributed by atoms with E-state index in [4.69, 9.17) is 33.2 Å². The molecule has 0 N–H and O–H groups in total. The molecular weight excluding hydrogens is 520 g/mol. The molecule has 10 heteroatoms. The van der Waals surface area contributed by atoms with E-state index in [0.29, 0.717) is 22.6 Å². The third-order valence-electron chi connectivity index (χ3n) is 6.11. The van der Waals surface area contributed by atoms with Crippen LogP contribution in [0.4, 0.5) is 9.59 Å². The summed E-state index contributed by atoms with van der Waals surface area (Å²) in [6.07, 6.45) is -3.36. The van der Waals surface area contributed by atoms with Crippen molar-refractivity contribution in [2.75, 3.05) is 26.9 Å². The zero-order chi connectivity index (χ0) is 28.5. The zero-order valence-electron chi connectivity index (χ0n) is 22.4. The minimum Gasteiger partial charge on any atom is -0.492 e. The predicted octanol–water partition coefficient (Wildman–Crippen LogP) is 5.91. The van der Waals surface area contributed by atoms with Crippen LogP contribution in [0.25, 0.3) is 0 Å². The van der Waals surface area contributed by atoms with E-state index in [2.05, 4.69) is 0 Å². The molecule has 3 atom stereocenters. The van der Waals surface area contributed by atoms with Crippen LogP contribution in [0.15, 0.2) is 72.8 Å². The molecule has 1 aliphatic heterocycles. The molecule has 3 aromatic rings. The van der Waals surface area contributed by atoms with Crippen molar-refractivity contribution in [2.45, 2.75) is 32.0 Å². The first kappa shape index (κ1) is 28.4. The lowest BCUT2D eigenvalue weighted by molar-refractivity contribution is -0.164. The van der Waals surface area contributed by atoms with E-state index in [0.717, 1.165) is 5.56 Å². The van der Waals surface area contributed by atoms with Crippen molar-refractivity contribution >= 4 is 18.3 Å². The molecule has 0 amide bonds. The number of esters is 1. The average Bonchev–Trinajstić information content (AvgIpc) is 2.95. The summed E-state index contributed by atoms with van der Waals surface area (Å²) in [7, 11) is 1.44. The van der Waals surface area contributed by atoms with E-state index in [1.54, 1.807) is 68.4 Å². The maximum absolute atomic E-state index is 13.4. The third-order valence-corrected chi connectivity index (χ3v) is 6.11. The Morgan fingerprint density at radius 3 is 2.10 bits per heavy atom. The van der Waals surface area contributed by atoms with E-state index in [1.165, 1.54) is 7.11 Å². The first-order chi connectivity index (χ1) is 19.4. The van der Waals surface area contributed by atoms with Gasteiger partial charge in [0.2, 0.25) is 0 Å². The van der Waals surface area contributed by atoms with Crippen molar-refractivity contribution in [3.8, 4) is 17.2 Å². The Hall–Kier alpha value is -4.57. The maximum Gasteiger partial charge on any atom is 0.513 e. The van der Waals surface area contributed by atoms with Gasteiger partial charge in [0.05, 0.1) is 25.7 Å². The molecule has 10 nitrogen and oxygen atoms in total. The number of hydrogen-bond acceptors (Lipinski definition) is 10. The van der Waals surface area contributed by atoms with Gasteiger partial charge >= 0.3 is 18.3 Å². The smallest absolute Gasteiger partial charge is 0.492 e. The van der Waals surface area contributed by atoms with Crippen LogP contribution in [-0.4, -0.2) is 45.2 Å². The average molecular weight is 551 g/mol. The minimum absolute atomic E-state index is 0.148. The Bertz CT molecular complexity index is 1310. The lowest BCUT2D eigenvalue weighted by Gasteiger charge is -2.34. The molecule has 4 rings (SSSR count). The van der Waals surface area contributed by atoms with Gasteiger partial charge in [-0.2, -0.15) is 0 Å². The van der Waals surface area contributed by atoms with Crippen molar-refractivity contribution in [3.05, 3.63) is 89.5 Å². The molecule has 0 aromatic heterocycles. The summed E-state index contributed by atoms with van der Waals surface area (Å²) in [6.45, 7) is 3.88.